The summed E-state index contributed by atoms with van der Waals surface area (Å²) in [6.45, 7) is 15.7. The van der Waals surface area contributed by atoms with E-state index in [-0.39, 0.29) is 34.0 Å². The fourth-order valence-electron chi connectivity index (χ4n) is 3.36. The topological polar surface area (TPSA) is 3.88 Å². The van der Waals surface area contributed by atoms with Gasteiger partial charge in [0.25, 0.3) is 0 Å². The number of pyridine rings is 1. The van der Waals surface area contributed by atoms with E-state index in [4.69, 9.17) is 0 Å². The second-order valence-corrected chi connectivity index (χ2v) is 6.20. The normalized spacial score (nSPS) is 10.7. The first-order chi connectivity index (χ1) is 9.65. The van der Waals surface area contributed by atoms with Crippen molar-refractivity contribution in [2.45, 2.75) is 59.9 Å². The molecule has 0 fully saturated rings. The minimum atomic E-state index is 0. The second-order valence-electron chi connectivity index (χ2n) is 6.20. The lowest BCUT2D eigenvalue weighted by Gasteiger charge is -2.38. The number of hydrogen-bond acceptors (Lipinski definition) is 0. The van der Waals surface area contributed by atoms with Gasteiger partial charge in [-0.2, -0.15) is 0 Å². The Bertz CT molecular complexity index is 349. The summed E-state index contributed by atoms with van der Waals surface area (Å²) in [6, 6.07) is 4.40. The van der Waals surface area contributed by atoms with Crippen LogP contribution in [0.4, 0.5) is 0 Å². The third-order valence-electron chi connectivity index (χ3n) is 4.20. The predicted molar refractivity (Wildman–Crippen MR) is 86.6 cm³/mol. The Kier molecular flexibility index (Phi) is 14.9. The SMILES string of the molecule is CCC[N+](CCC)(CCC)CCC[n+]1ccc(C)cc1.[Br-].[Br-]. The number of aromatic nitrogens is 1. The maximum absolute atomic E-state index is 2.33. The van der Waals surface area contributed by atoms with E-state index >= 15 is 0 Å². The highest BCUT2D eigenvalue weighted by molar-refractivity contribution is 5.03. The number of quaternary nitrogens is 1. The summed E-state index contributed by atoms with van der Waals surface area (Å²) < 4.78 is 3.65. The van der Waals surface area contributed by atoms with Gasteiger partial charge in [-0.25, -0.2) is 4.57 Å². The lowest BCUT2D eigenvalue weighted by atomic mass is 10.2. The summed E-state index contributed by atoms with van der Waals surface area (Å²) in [5.74, 6) is 0. The van der Waals surface area contributed by atoms with E-state index in [1.54, 1.807) is 0 Å². The van der Waals surface area contributed by atoms with Crippen molar-refractivity contribution >= 4 is 0 Å². The zero-order valence-electron chi connectivity index (χ0n) is 14.8. The average Bonchev–Trinajstić information content (AvgIpc) is 2.42. The van der Waals surface area contributed by atoms with Crippen LogP contribution in [0.3, 0.4) is 0 Å². The van der Waals surface area contributed by atoms with Gasteiger partial charge in [-0.15, -0.1) is 0 Å². The Balaban J connectivity index is 0. The molecule has 4 heteroatoms. The van der Waals surface area contributed by atoms with Crippen LogP contribution in [0.15, 0.2) is 24.5 Å². The van der Waals surface area contributed by atoms with Gasteiger partial charge in [0.15, 0.2) is 18.9 Å². The zero-order valence-corrected chi connectivity index (χ0v) is 18.0. The van der Waals surface area contributed by atoms with Crippen molar-refractivity contribution in [3.63, 3.8) is 0 Å². The number of rotatable bonds is 10. The van der Waals surface area contributed by atoms with Crippen molar-refractivity contribution < 1.29 is 43.0 Å². The number of hydrogen-bond donors (Lipinski definition) is 0. The smallest absolute Gasteiger partial charge is 0.169 e. The molecule has 0 radical (unpaired) electrons. The van der Waals surface area contributed by atoms with E-state index < -0.39 is 0 Å². The van der Waals surface area contributed by atoms with Crippen LogP contribution in [-0.4, -0.2) is 30.7 Å². The van der Waals surface area contributed by atoms with Crippen LogP contribution >= 0.6 is 0 Å². The van der Waals surface area contributed by atoms with E-state index in [0.717, 1.165) is 6.54 Å². The van der Waals surface area contributed by atoms with Crippen molar-refractivity contribution in [3.05, 3.63) is 30.1 Å². The molecule has 0 saturated heterocycles. The molecule has 22 heavy (non-hydrogen) atoms. The molecule has 0 bridgehead atoms. The van der Waals surface area contributed by atoms with Crippen molar-refractivity contribution in [1.82, 2.24) is 0 Å². The molecule has 0 aliphatic heterocycles. The molecule has 1 rings (SSSR count). The maximum atomic E-state index is 2.33. The number of nitrogens with zero attached hydrogens (tertiary/aromatic N) is 2. The minimum absolute atomic E-state index is 0. The van der Waals surface area contributed by atoms with E-state index in [1.165, 1.54) is 61.9 Å². The van der Waals surface area contributed by atoms with Gasteiger partial charge in [-0.05, 0) is 31.7 Å². The van der Waals surface area contributed by atoms with Gasteiger partial charge in [0.05, 0.1) is 32.6 Å². The fourth-order valence-corrected chi connectivity index (χ4v) is 3.36. The standard InChI is InChI=1S/C18H34N2.2BrH/c1-5-14-20(15-6-2,16-7-3)17-8-11-19-12-9-18(4)10-13-19;;/h9-10,12-13H,5-8,11,14-17H2,1-4H3;2*1H/q+2;;/p-2. The highest BCUT2D eigenvalue weighted by Gasteiger charge is 2.24. The fraction of sp³-hybridized carbons (Fsp3) is 0.722. The monoisotopic (exact) mass is 436 g/mol. The molecule has 1 heterocycles. The maximum Gasteiger partial charge on any atom is 0.169 e. The first-order valence-electron chi connectivity index (χ1n) is 8.46. The van der Waals surface area contributed by atoms with Crippen molar-refractivity contribution in [2.75, 3.05) is 26.2 Å². The van der Waals surface area contributed by atoms with Gasteiger partial charge in [-0.3, -0.25) is 0 Å². The van der Waals surface area contributed by atoms with Crippen LogP contribution in [0.2, 0.25) is 0 Å². The molecule has 0 aliphatic carbocycles. The highest BCUT2D eigenvalue weighted by atomic mass is 79.9. The molecule has 2 nitrogen and oxygen atoms in total. The minimum Gasteiger partial charge on any atom is -1.00 e. The molecule has 0 amide bonds. The van der Waals surface area contributed by atoms with Gasteiger partial charge >= 0.3 is 0 Å². The summed E-state index contributed by atoms with van der Waals surface area (Å²) in [5, 5.41) is 0. The summed E-state index contributed by atoms with van der Waals surface area (Å²) >= 11 is 0. The van der Waals surface area contributed by atoms with Crippen LogP contribution in [0.25, 0.3) is 0 Å². The summed E-state index contributed by atoms with van der Waals surface area (Å²) in [5.41, 5.74) is 1.34. The van der Waals surface area contributed by atoms with Crippen molar-refractivity contribution in [1.29, 1.82) is 0 Å². The highest BCUT2D eigenvalue weighted by Crippen LogP contribution is 2.13. The van der Waals surface area contributed by atoms with Crippen LogP contribution in [-0.2, 0) is 6.54 Å². The Labute approximate surface area is 159 Å². The summed E-state index contributed by atoms with van der Waals surface area (Å²) in [4.78, 5) is 0. The number of aryl methyl sites for hydroxylation is 2. The predicted octanol–water partition coefficient (Wildman–Crippen LogP) is -2.27. The summed E-state index contributed by atoms with van der Waals surface area (Å²) in [7, 11) is 0. The van der Waals surface area contributed by atoms with E-state index in [2.05, 4.69) is 56.8 Å². The molecule has 0 saturated carbocycles. The third-order valence-corrected chi connectivity index (χ3v) is 4.20. The Morgan fingerprint density at radius 2 is 1.27 bits per heavy atom. The van der Waals surface area contributed by atoms with E-state index in [0.29, 0.717) is 0 Å². The molecule has 0 N–H and O–H groups in total. The average molecular weight is 438 g/mol. The zero-order chi connectivity index (χ0) is 14.8. The Morgan fingerprint density at radius 1 is 0.818 bits per heavy atom. The van der Waals surface area contributed by atoms with Gasteiger partial charge in [0, 0.05) is 12.1 Å². The molecular formula is C18H34Br2N2. The van der Waals surface area contributed by atoms with Crippen molar-refractivity contribution in [2.24, 2.45) is 0 Å². The van der Waals surface area contributed by atoms with Gasteiger partial charge in [0.1, 0.15) is 0 Å². The quantitative estimate of drug-likeness (QED) is 0.287. The van der Waals surface area contributed by atoms with Gasteiger partial charge in [0.2, 0.25) is 0 Å². The van der Waals surface area contributed by atoms with Crippen LogP contribution in [0.1, 0.15) is 52.0 Å². The number of halogens is 2. The van der Waals surface area contributed by atoms with Crippen LogP contribution in [0, 0.1) is 6.92 Å². The molecular weight excluding hydrogens is 404 g/mol. The molecule has 0 atom stereocenters. The largest absolute Gasteiger partial charge is 1.00 e. The molecule has 0 unspecified atom stereocenters. The first-order valence-corrected chi connectivity index (χ1v) is 8.46. The first kappa shape index (κ1) is 24.3. The molecule has 1 aromatic rings. The summed E-state index contributed by atoms with van der Waals surface area (Å²) in [6.07, 6.45) is 9.62. The second kappa shape index (κ2) is 13.5. The lowest BCUT2D eigenvalue weighted by Crippen LogP contribution is -3.00. The van der Waals surface area contributed by atoms with Gasteiger partial charge < -0.3 is 38.4 Å². The molecule has 130 valence electrons. The van der Waals surface area contributed by atoms with E-state index in [1.807, 2.05) is 0 Å². The molecule has 0 aromatic carbocycles. The molecule has 0 aliphatic rings. The lowest BCUT2D eigenvalue weighted by molar-refractivity contribution is -0.930. The van der Waals surface area contributed by atoms with E-state index in [9.17, 15) is 0 Å². The Hall–Kier alpha value is 0.0700. The van der Waals surface area contributed by atoms with Gasteiger partial charge in [-0.1, -0.05) is 20.8 Å². The Morgan fingerprint density at radius 3 is 1.68 bits per heavy atom. The van der Waals surface area contributed by atoms with Crippen molar-refractivity contribution in [3.8, 4) is 0 Å². The third kappa shape index (κ3) is 8.64. The molecule has 0 spiro atoms. The van der Waals surface area contributed by atoms with Crippen LogP contribution in [0.5, 0.6) is 0 Å². The molecule has 1 aromatic heterocycles. The van der Waals surface area contributed by atoms with Crippen LogP contribution < -0.4 is 38.5 Å².